The van der Waals surface area contributed by atoms with Crippen LogP contribution in [0.1, 0.15) is 31.4 Å². The molecular weight excluding hydrogens is 392 g/mol. The van der Waals surface area contributed by atoms with Gasteiger partial charge in [-0.25, -0.2) is 0 Å². The molecule has 1 aliphatic heterocycles. The Hall–Kier alpha value is -2.54. The van der Waals surface area contributed by atoms with Crippen LogP contribution in [0.15, 0.2) is 36.5 Å². The second kappa shape index (κ2) is 9.31. The number of benzene rings is 1. The molecule has 0 aliphatic carbocycles. The quantitative estimate of drug-likeness (QED) is 0.713. The lowest BCUT2D eigenvalue weighted by molar-refractivity contribution is -0.137. The van der Waals surface area contributed by atoms with Crippen LogP contribution in [0.4, 0.5) is 0 Å². The van der Waals surface area contributed by atoms with Crippen molar-refractivity contribution < 1.29 is 14.3 Å². The Bertz CT molecular complexity index is 869. The summed E-state index contributed by atoms with van der Waals surface area (Å²) in [5, 5.41) is 4.81. The Labute approximate surface area is 175 Å². The van der Waals surface area contributed by atoms with Crippen molar-refractivity contribution in [1.82, 2.24) is 14.7 Å². The van der Waals surface area contributed by atoms with Crippen molar-refractivity contribution in [3.8, 4) is 5.75 Å². The number of aromatic nitrogens is 2. The summed E-state index contributed by atoms with van der Waals surface area (Å²) in [6, 6.07) is 9.05. The Morgan fingerprint density at radius 2 is 2.17 bits per heavy atom. The molecule has 1 aromatic carbocycles. The van der Waals surface area contributed by atoms with Crippen LogP contribution in [0.2, 0.25) is 5.02 Å². The third-order valence-corrected chi connectivity index (χ3v) is 5.61. The smallest absolute Gasteiger partial charge is 0.224 e. The molecule has 2 aromatic rings. The van der Waals surface area contributed by atoms with E-state index in [2.05, 4.69) is 5.10 Å². The van der Waals surface area contributed by atoms with E-state index in [1.807, 2.05) is 34.7 Å². The third-order valence-electron chi connectivity index (χ3n) is 5.37. The fraction of sp³-hybridized carbons (Fsp3) is 0.476. The predicted molar refractivity (Wildman–Crippen MR) is 111 cm³/mol. The van der Waals surface area contributed by atoms with Gasteiger partial charge in [-0.05, 0) is 44.0 Å². The molecule has 1 aliphatic rings. The van der Waals surface area contributed by atoms with Crippen LogP contribution in [-0.2, 0) is 16.1 Å². The average Bonchev–Trinajstić information content (AvgIpc) is 3.09. The normalized spacial score (nSPS) is 19.2. The minimum atomic E-state index is -0.496. The Balaban J connectivity index is 1.65. The van der Waals surface area contributed by atoms with E-state index in [4.69, 9.17) is 22.1 Å². The zero-order valence-electron chi connectivity index (χ0n) is 16.6. The number of nitrogens with zero attached hydrogens (tertiary/aromatic N) is 3. The molecule has 1 aromatic heterocycles. The van der Waals surface area contributed by atoms with Gasteiger partial charge >= 0.3 is 0 Å². The van der Waals surface area contributed by atoms with E-state index in [0.29, 0.717) is 43.4 Å². The Kier molecular flexibility index (Phi) is 6.79. The molecule has 3 rings (SSSR count). The van der Waals surface area contributed by atoms with Gasteiger partial charge in [0.25, 0.3) is 0 Å². The highest BCUT2D eigenvalue weighted by molar-refractivity contribution is 6.30. The maximum absolute atomic E-state index is 12.8. The molecule has 0 bridgehead atoms. The highest BCUT2D eigenvalue weighted by Crippen LogP contribution is 2.35. The van der Waals surface area contributed by atoms with Crippen molar-refractivity contribution in [2.24, 2.45) is 11.1 Å². The number of carbonyl (C=O) groups excluding carboxylic acids is 2. The van der Waals surface area contributed by atoms with Gasteiger partial charge in [0.2, 0.25) is 11.8 Å². The number of piperidine rings is 1. The van der Waals surface area contributed by atoms with Crippen LogP contribution in [0.25, 0.3) is 0 Å². The average molecular weight is 419 g/mol. The largest absolute Gasteiger partial charge is 0.493 e. The van der Waals surface area contributed by atoms with Crippen LogP contribution in [-0.4, -0.2) is 46.2 Å². The minimum absolute atomic E-state index is 0.0520. The van der Waals surface area contributed by atoms with Gasteiger partial charge in [-0.1, -0.05) is 17.7 Å². The number of aryl methyl sites for hydroxylation is 2. The van der Waals surface area contributed by atoms with Gasteiger partial charge in [0.05, 0.1) is 6.61 Å². The van der Waals surface area contributed by atoms with Crippen molar-refractivity contribution in [3.05, 3.63) is 47.2 Å². The van der Waals surface area contributed by atoms with Gasteiger partial charge in [0, 0.05) is 54.8 Å². The van der Waals surface area contributed by atoms with Crippen molar-refractivity contribution >= 4 is 23.4 Å². The highest BCUT2D eigenvalue weighted by atomic mass is 35.5. The molecule has 8 heteroatoms. The molecule has 1 saturated heterocycles. The number of hydrogen-bond acceptors (Lipinski definition) is 4. The van der Waals surface area contributed by atoms with Crippen molar-refractivity contribution in [2.45, 2.75) is 39.2 Å². The van der Waals surface area contributed by atoms with Gasteiger partial charge in [-0.2, -0.15) is 5.10 Å². The third kappa shape index (κ3) is 5.73. The first-order valence-corrected chi connectivity index (χ1v) is 10.2. The highest BCUT2D eigenvalue weighted by Gasteiger charge is 2.39. The zero-order chi connectivity index (χ0) is 20.9. The molecule has 0 saturated carbocycles. The van der Waals surface area contributed by atoms with Crippen LogP contribution >= 0.6 is 11.6 Å². The topological polar surface area (TPSA) is 90.4 Å². The number of carbonyl (C=O) groups is 2. The minimum Gasteiger partial charge on any atom is -0.493 e. The SMILES string of the molecule is Cc1ccnn1CCC(=O)N1CCCC(COc2cccc(Cl)c2)(CC(N)=O)C1. The predicted octanol–water partition coefficient (Wildman–Crippen LogP) is 2.80. The lowest BCUT2D eigenvalue weighted by atomic mass is 9.77. The van der Waals surface area contributed by atoms with E-state index in [1.165, 1.54) is 0 Å². The standard InChI is InChI=1S/C21H27ClN4O3/c1-16-6-9-24-26(16)11-7-20(28)25-10-3-8-21(14-25,13-19(23)27)15-29-18-5-2-4-17(22)12-18/h2,4-6,9,12H,3,7-8,10-11,13-15H2,1H3,(H2,23,27). The molecule has 2 amide bonds. The van der Waals surface area contributed by atoms with E-state index < -0.39 is 5.41 Å². The maximum Gasteiger partial charge on any atom is 0.224 e. The molecule has 0 radical (unpaired) electrons. The van der Waals surface area contributed by atoms with Crippen molar-refractivity contribution in [3.63, 3.8) is 0 Å². The number of ether oxygens (including phenoxy) is 1. The number of halogens is 1. The number of amides is 2. The summed E-state index contributed by atoms with van der Waals surface area (Å²) in [4.78, 5) is 26.4. The summed E-state index contributed by atoms with van der Waals surface area (Å²) in [6.45, 7) is 3.93. The van der Waals surface area contributed by atoms with E-state index in [-0.39, 0.29) is 18.2 Å². The van der Waals surface area contributed by atoms with Gasteiger partial charge in [0.1, 0.15) is 5.75 Å². The van der Waals surface area contributed by atoms with Crippen molar-refractivity contribution in [2.75, 3.05) is 19.7 Å². The van der Waals surface area contributed by atoms with Gasteiger partial charge in [-0.3, -0.25) is 14.3 Å². The monoisotopic (exact) mass is 418 g/mol. The number of primary amides is 1. The number of rotatable bonds is 8. The lowest BCUT2D eigenvalue weighted by Crippen LogP contribution is -2.50. The molecule has 0 spiro atoms. The van der Waals surface area contributed by atoms with E-state index >= 15 is 0 Å². The van der Waals surface area contributed by atoms with Crippen LogP contribution in [0, 0.1) is 12.3 Å². The molecule has 29 heavy (non-hydrogen) atoms. The molecule has 1 atom stereocenters. The summed E-state index contributed by atoms with van der Waals surface area (Å²) in [5.41, 5.74) is 6.06. The van der Waals surface area contributed by atoms with E-state index in [0.717, 1.165) is 18.5 Å². The molecule has 7 nitrogen and oxygen atoms in total. The van der Waals surface area contributed by atoms with Crippen LogP contribution in [0.5, 0.6) is 5.75 Å². The molecule has 1 unspecified atom stereocenters. The molecule has 2 heterocycles. The first-order valence-electron chi connectivity index (χ1n) is 9.80. The van der Waals surface area contributed by atoms with Crippen molar-refractivity contribution in [1.29, 1.82) is 0 Å². The summed E-state index contributed by atoms with van der Waals surface area (Å²) >= 11 is 6.02. The zero-order valence-corrected chi connectivity index (χ0v) is 17.4. The first-order chi connectivity index (χ1) is 13.9. The van der Waals surface area contributed by atoms with Crippen LogP contribution < -0.4 is 10.5 Å². The number of likely N-dealkylation sites (tertiary alicyclic amines) is 1. The Morgan fingerprint density at radius 1 is 1.34 bits per heavy atom. The van der Waals surface area contributed by atoms with Crippen LogP contribution in [0.3, 0.4) is 0 Å². The molecule has 1 fully saturated rings. The van der Waals surface area contributed by atoms with Gasteiger partial charge in [-0.15, -0.1) is 0 Å². The fourth-order valence-electron chi connectivity index (χ4n) is 3.89. The van der Waals surface area contributed by atoms with E-state index in [9.17, 15) is 9.59 Å². The second-order valence-corrected chi connectivity index (χ2v) is 8.19. The van der Waals surface area contributed by atoms with Gasteiger partial charge in [0.15, 0.2) is 0 Å². The fourth-order valence-corrected chi connectivity index (χ4v) is 4.07. The Morgan fingerprint density at radius 3 is 2.86 bits per heavy atom. The maximum atomic E-state index is 12.8. The molecular formula is C21H27ClN4O3. The molecule has 156 valence electrons. The van der Waals surface area contributed by atoms with Gasteiger partial charge < -0.3 is 15.4 Å². The summed E-state index contributed by atoms with van der Waals surface area (Å²) < 4.78 is 7.77. The lowest BCUT2D eigenvalue weighted by Gasteiger charge is -2.42. The summed E-state index contributed by atoms with van der Waals surface area (Å²) in [6.07, 6.45) is 3.85. The first kappa shape index (κ1) is 21.2. The number of hydrogen-bond donors (Lipinski definition) is 1. The second-order valence-electron chi connectivity index (χ2n) is 7.75. The number of nitrogens with two attached hydrogens (primary N) is 1. The summed E-state index contributed by atoms with van der Waals surface area (Å²) in [5.74, 6) is 0.302. The summed E-state index contributed by atoms with van der Waals surface area (Å²) in [7, 11) is 0. The van der Waals surface area contributed by atoms with E-state index in [1.54, 1.807) is 18.3 Å². The molecule has 2 N–H and O–H groups in total.